The molecule has 1 aromatic rings. The number of phenols is 1. The van der Waals surface area contributed by atoms with Crippen LogP contribution >= 0.6 is 0 Å². The van der Waals surface area contributed by atoms with Crippen molar-refractivity contribution >= 4 is 29.5 Å². The van der Waals surface area contributed by atoms with Gasteiger partial charge in [-0.15, -0.1) is 0 Å². The number of likely N-dealkylation sites (tertiary alicyclic amines) is 1. The summed E-state index contributed by atoms with van der Waals surface area (Å²) in [6, 6.07) is 3.13. The number of rotatable bonds is 3. The van der Waals surface area contributed by atoms with Crippen molar-refractivity contribution in [2.45, 2.75) is 25.7 Å². The van der Waals surface area contributed by atoms with E-state index in [0.717, 1.165) is 7.11 Å². The first-order valence-corrected chi connectivity index (χ1v) is 11.7. The Morgan fingerprint density at radius 1 is 1.00 bits per heavy atom. The smallest absolute Gasteiger partial charge is 0.423 e. The van der Waals surface area contributed by atoms with Crippen molar-refractivity contribution in [1.82, 2.24) is 4.90 Å². The summed E-state index contributed by atoms with van der Waals surface area (Å²) in [6.45, 7) is 1.56. The van der Waals surface area contributed by atoms with Gasteiger partial charge in [-0.05, 0) is 49.5 Å². The van der Waals surface area contributed by atoms with E-state index in [1.807, 2.05) is 6.08 Å². The van der Waals surface area contributed by atoms with Crippen molar-refractivity contribution in [3.63, 3.8) is 0 Å². The van der Waals surface area contributed by atoms with E-state index in [4.69, 9.17) is 9.47 Å². The highest BCUT2D eigenvalue weighted by Gasteiger charge is 2.58. The number of hydrogen-bond donors (Lipinski definition) is 1. The van der Waals surface area contributed by atoms with Gasteiger partial charge < -0.3 is 19.3 Å². The SMILES string of the molecule is COC(=O)N1C(=O)[C@H]2[C@H](CC=C3[C@H](c4cc(OC)c(O)c(OC)c4)C4=C(C[C@H]32)C(=O)C(C)=CC4=O)C1=O. The van der Waals surface area contributed by atoms with Crippen LogP contribution < -0.4 is 9.47 Å². The summed E-state index contributed by atoms with van der Waals surface area (Å²) in [5, 5.41) is 10.5. The van der Waals surface area contributed by atoms with Gasteiger partial charge in [-0.25, -0.2) is 4.79 Å². The van der Waals surface area contributed by atoms with Crippen LogP contribution in [0.2, 0.25) is 0 Å². The molecular formula is C27H25NO9. The molecule has 1 saturated heterocycles. The van der Waals surface area contributed by atoms with Crippen LogP contribution in [-0.4, -0.2) is 60.8 Å². The summed E-state index contributed by atoms with van der Waals surface area (Å²) in [5.41, 5.74) is 2.06. The van der Waals surface area contributed by atoms with Gasteiger partial charge >= 0.3 is 6.09 Å². The average molecular weight is 507 g/mol. The molecule has 1 aliphatic heterocycles. The topological polar surface area (TPSA) is 137 Å². The maximum Gasteiger partial charge on any atom is 0.423 e. The number of benzene rings is 1. The summed E-state index contributed by atoms with van der Waals surface area (Å²) in [5.74, 6) is -4.98. The lowest BCUT2D eigenvalue weighted by atomic mass is 9.59. The van der Waals surface area contributed by atoms with E-state index in [-0.39, 0.29) is 58.4 Å². The summed E-state index contributed by atoms with van der Waals surface area (Å²) in [4.78, 5) is 65.8. The third-order valence-electron chi connectivity index (χ3n) is 7.75. The van der Waals surface area contributed by atoms with E-state index in [2.05, 4.69) is 4.74 Å². The minimum absolute atomic E-state index is 0.0783. The van der Waals surface area contributed by atoms with Gasteiger partial charge in [-0.2, -0.15) is 4.90 Å². The molecule has 0 radical (unpaired) electrons. The lowest BCUT2D eigenvalue weighted by Gasteiger charge is -2.42. The second-order valence-electron chi connectivity index (χ2n) is 9.48. The van der Waals surface area contributed by atoms with Gasteiger partial charge in [-0.3, -0.25) is 19.2 Å². The van der Waals surface area contributed by atoms with Crippen LogP contribution in [0.4, 0.5) is 4.79 Å². The zero-order chi connectivity index (χ0) is 26.8. The van der Waals surface area contributed by atoms with Crippen LogP contribution in [0.25, 0.3) is 0 Å². The highest BCUT2D eigenvalue weighted by Crippen LogP contribution is 2.56. The highest BCUT2D eigenvalue weighted by atomic mass is 16.5. The third-order valence-corrected chi connectivity index (χ3v) is 7.75. The van der Waals surface area contributed by atoms with Crippen molar-refractivity contribution in [3.05, 3.63) is 52.1 Å². The van der Waals surface area contributed by atoms with E-state index < -0.39 is 41.6 Å². The van der Waals surface area contributed by atoms with Crippen LogP contribution in [0.1, 0.15) is 31.2 Å². The van der Waals surface area contributed by atoms with Crippen LogP contribution in [0.3, 0.4) is 0 Å². The number of phenolic OH excluding ortho intramolecular Hbond substituents is 1. The number of aromatic hydroxyl groups is 1. The maximum absolute atomic E-state index is 13.4. The first-order chi connectivity index (χ1) is 17.6. The first kappa shape index (κ1) is 24.5. The lowest BCUT2D eigenvalue weighted by molar-refractivity contribution is -0.137. The molecule has 0 unspecified atom stereocenters. The lowest BCUT2D eigenvalue weighted by Crippen LogP contribution is -2.40. The van der Waals surface area contributed by atoms with Gasteiger partial charge in [-0.1, -0.05) is 11.6 Å². The zero-order valence-electron chi connectivity index (χ0n) is 20.7. The number of carbonyl (C=O) groups is 5. The largest absolute Gasteiger partial charge is 0.502 e. The fourth-order valence-corrected chi connectivity index (χ4v) is 6.11. The molecule has 4 atom stereocenters. The Labute approximate surface area is 212 Å². The number of imide groups is 3. The fraction of sp³-hybridized carbons (Fsp3) is 0.370. The fourth-order valence-electron chi connectivity index (χ4n) is 6.11. The quantitative estimate of drug-likeness (QED) is 0.372. The minimum atomic E-state index is -1.05. The number of ether oxygens (including phenoxy) is 3. The Kier molecular flexibility index (Phi) is 5.77. The molecular weight excluding hydrogens is 482 g/mol. The van der Waals surface area contributed by atoms with Crippen LogP contribution in [0.15, 0.2) is 46.6 Å². The summed E-state index contributed by atoms with van der Waals surface area (Å²) >= 11 is 0. The van der Waals surface area contributed by atoms with Gasteiger partial charge in [0, 0.05) is 22.6 Å². The van der Waals surface area contributed by atoms with Crippen LogP contribution in [-0.2, 0) is 23.9 Å². The standard InChI is InChI=1S/C27H25NO9/c1-11-7-17(29)22-16(23(11)30)10-15-13(20(22)12-8-18(35-2)24(31)19(9-12)36-3)5-6-14-21(15)26(33)28(25(14)32)27(34)37-4/h5,7-9,14-15,20-21,31H,6,10H2,1-4H3/t14-,15+,20-,21-/m0/s1. The first-order valence-electron chi connectivity index (χ1n) is 11.7. The predicted octanol–water partition coefficient (Wildman–Crippen LogP) is 2.61. The second-order valence-corrected chi connectivity index (χ2v) is 9.48. The van der Waals surface area contributed by atoms with E-state index >= 15 is 0 Å². The molecule has 1 N–H and O–H groups in total. The van der Waals surface area contributed by atoms with Crippen molar-refractivity contribution in [2.24, 2.45) is 17.8 Å². The number of methoxy groups -OCH3 is 3. The van der Waals surface area contributed by atoms with Crippen LogP contribution in [0.5, 0.6) is 17.2 Å². The minimum Gasteiger partial charge on any atom is -0.502 e. The molecule has 0 bridgehead atoms. The molecule has 3 amide bonds. The van der Waals surface area contributed by atoms with E-state index in [0.29, 0.717) is 16.0 Å². The molecule has 37 heavy (non-hydrogen) atoms. The number of hydrogen-bond acceptors (Lipinski definition) is 9. The summed E-state index contributed by atoms with van der Waals surface area (Å²) in [7, 11) is 3.85. The highest BCUT2D eigenvalue weighted by molar-refractivity contribution is 6.24. The molecule has 1 fully saturated rings. The van der Waals surface area contributed by atoms with E-state index in [1.165, 1.54) is 20.3 Å². The van der Waals surface area contributed by atoms with Crippen LogP contribution in [0, 0.1) is 17.8 Å². The molecule has 0 spiro atoms. The molecule has 1 heterocycles. The second kappa shape index (κ2) is 8.72. The molecule has 0 saturated carbocycles. The molecule has 10 nitrogen and oxygen atoms in total. The number of Topliss-reactive ketones (excluding diaryl/α,β-unsaturated/α-hetero) is 1. The number of amides is 3. The van der Waals surface area contributed by atoms with Crippen molar-refractivity contribution in [2.75, 3.05) is 21.3 Å². The average Bonchev–Trinajstić information content (AvgIpc) is 3.15. The molecule has 3 aliphatic carbocycles. The number of fused-ring (bicyclic) bond motifs is 3. The Morgan fingerprint density at radius 2 is 1.65 bits per heavy atom. The summed E-state index contributed by atoms with van der Waals surface area (Å²) < 4.78 is 15.3. The van der Waals surface area contributed by atoms with E-state index in [9.17, 15) is 29.1 Å². The number of ketones is 2. The number of nitrogens with zero attached hydrogens (tertiary/aromatic N) is 1. The molecule has 1 aromatic carbocycles. The zero-order valence-corrected chi connectivity index (χ0v) is 20.7. The molecule has 4 aliphatic rings. The monoisotopic (exact) mass is 507 g/mol. The molecule has 0 aromatic heterocycles. The molecule has 5 rings (SSSR count). The summed E-state index contributed by atoms with van der Waals surface area (Å²) in [6.07, 6.45) is 2.33. The predicted molar refractivity (Wildman–Crippen MR) is 127 cm³/mol. The Bertz CT molecular complexity index is 1360. The Hall–Kier alpha value is -4.21. The van der Waals surface area contributed by atoms with Crippen molar-refractivity contribution in [1.29, 1.82) is 0 Å². The maximum atomic E-state index is 13.4. The number of allylic oxidation sites excluding steroid dienone is 6. The van der Waals surface area contributed by atoms with Crippen molar-refractivity contribution in [3.8, 4) is 17.2 Å². The van der Waals surface area contributed by atoms with Gasteiger partial charge in [0.05, 0.1) is 33.2 Å². The van der Waals surface area contributed by atoms with Crippen molar-refractivity contribution < 1.29 is 43.3 Å². The number of carbonyl (C=O) groups excluding carboxylic acids is 5. The third kappa shape index (κ3) is 3.42. The molecule has 10 heteroatoms. The van der Waals surface area contributed by atoms with Gasteiger partial charge in [0.15, 0.2) is 23.1 Å². The Balaban J connectivity index is 1.71. The van der Waals surface area contributed by atoms with Gasteiger partial charge in [0.2, 0.25) is 17.6 Å². The van der Waals surface area contributed by atoms with Gasteiger partial charge in [0.25, 0.3) is 0 Å². The van der Waals surface area contributed by atoms with E-state index in [1.54, 1.807) is 19.1 Å². The van der Waals surface area contributed by atoms with Gasteiger partial charge in [0.1, 0.15) is 0 Å². The Morgan fingerprint density at radius 3 is 2.24 bits per heavy atom. The molecule has 192 valence electrons. The normalized spacial score (nSPS) is 26.8.